The Hall–Kier alpha value is -3.10. The first kappa shape index (κ1) is 41.3. The standard InChI is InChI=1S/C38H57NO11/c1-2-3-4-14-37(40)49-30-29-48-28-27-47-26-25-46-24-23-45-22-21-44-20-19-43-18-17-42-16-9-15-39-38(41)50-31-36-34-12-7-5-10-32(34)33-11-6-8-13-35(33)36/h5-8,10-13,36H,2-4,9,14-31H2,1H3,(H,39,41). The molecule has 2 aromatic rings. The third kappa shape index (κ3) is 17.7. The molecule has 0 aliphatic heterocycles. The summed E-state index contributed by atoms with van der Waals surface area (Å²) in [5, 5.41) is 2.80. The second-order valence-electron chi connectivity index (χ2n) is 11.6. The summed E-state index contributed by atoms with van der Waals surface area (Å²) < 4.78 is 49.0. The van der Waals surface area contributed by atoms with E-state index in [4.69, 9.17) is 42.6 Å². The van der Waals surface area contributed by atoms with Crippen LogP contribution in [-0.4, -0.2) is 124 Å². The second kappa shape index (κ2) is 27.6. The van der Waals surface area contributed by atoms with Crippen LogP contribution in [-0.2, 0) is 47.4 Å². The first-order chi connectivity index (χ1) is 24.7. The number of amides is 1. The Balaban J connectivity index is 0.982. The molecule has 1 amide bonds. The Kier molecular flexibility index (Phi) is 22.8. The highest BCUT2D eigenvalue weighted by molar-refractivity contribution is 5.79. The lowest BCUT2D eigenvalue weighted by atomic mass is 9.98. The number of benzene rings is 2. The fourth-order valence-electron chi connectivity index (χ4n) is 5.24. The van der Waals surface area contributed by atoms with Crippen molar-refractivity contribution in [2.45, 2.75) is 44.9 Å². The van der Waals surface area contributed by atoms with Crippen LogP contribution >= 0.6 is 0 Å². The molecule has 0 saturated carbocycles. The topological polar surface area (TPSA) is 129 Å². The third-order valence-corrected chi connectivity index (χ3v) is 7.79. The molecule has 0 unspecified atom stereocenters. The average Bonchev–Trinajstić information content (AvgIpc) is 3.45. The molecule has 0 atom stereocenters. The van der Waals surface area contributed by atoms with Gasteiger partial charge in [0.1, 0.15) is 13.2 Å². The maximum absolute atomic E-state index is 12.3. The normalized spacial score (nSPS) is 12.1. The fourth-order valence-corrected chi connectivity index (χ4v) is 5.24. The van der Waals surface area contributed by atoms with Crippen LogP contribution in [0.2, 0.25) is 0 Å². The van der Waals surface area contributed by atoms with Gasteiger partial charge >= 0.3 is 12.1 Å². The van der Waals surface area contributed by atoms with Crippen LogP contribution in [0.15, 0.2) is 48.5 Å². The van der Waals surface area contributed by atoms with E-state index < -0.39 is 6.09 Å². The van der Waals surface area contributed by atoms with Gasteiger partial charge < -0.3 is 47.9 Å². The average molecular weight is 704 g/mol. The summed E-state index contributed by atoms with van der Waals surface area (Å²) in [5.41, 5.74) is 4.80. The first-order valence-electron chi connectivity index (χ1n) is 18.0. The number of rotatable bonds is 31. The lowest BCUT2D eigenvalue weighted by molar-refractivity contribution is -0.145. The van der Waals surface area contributed by atoms with E-state index >= 15 is 0 Å². The predicted molar refractivity (Wildman–Crippen MR) is 189 cm³/mol. The van der Waals surface area contributed by atoms with Gasteiger partial charge in [-0.1, -0.05) is 68.3 Å². The quantitative estimate of drug-likeness (QED) is 0.0827. The molecule has 1 N–H and O–H groups in total. The molecule has 0 fully saturated rings. The van der Waals surface area contributed by atoms with Crippen molar-refractivity contribution in [1.29, 1.82) is 0 Å². The molecule has 0 aromatic heterocycles. The van der Waals surface area contributed by atoms with Crippen molar-refractivity contribution < 1.29 is 52.2 Å². The Morgan fingerprint density at radius 1 is 0.540 bits per heavy atom. The number of hydrogen-bond acceptors (Lipinski definition) is 11. The van der Waals surface area contributed by atoms with Gasteiger partial charge in [0, 0.05) is 25.5 Å². The van der Waals surface area contributed by atoms with Crippen molar-refractivity contribution in [3.05, 3.63) is 59.7 Å². The third-order valence-electron chi connectivity index (χ3n) is 7.79. The maximum atomic E-state index is 12.3. The second-order valence-corrected chi connectivity index (χ2v) is 11.6. The van der Waals surface area contributed by atoms with Crippen LogP contribution in [0.25, 0.3) is 11.1 Å². The minimum Gasteiger partial charge on any atom is -0.463 e. The minimum absolute atomic E-state index is 0.0495. The van der Waals surface area contributed by atoms with Gasteiger partial charge in [-0.2, -0.15) is 0 Å². The van der Waals surface area contributed by atoms with Crippen LogP contribution in [0, 0.1) is 0 Å². The highest BCUT2D eigenvalue weighted by Gasteiger charge is 2.28. The van der Waals surface area contributed by atoms with Crippen molar-refractivity contribution in [3.8, 4) is 11.1 Å². The van der Waals surface area contributed by atoms with Crippen molar-refractivity contribution >= 4 is 12.1 Å². The Bertz CT molecular complexity index is 1140. The summed E-state index contributed by atoms with van der Waals surface area (Å²) in [4.78, 5) is 23.7. The largest absolute Gasteiger partial charge is 0.463 e. The molecule has 50 heavy (non-hydrogen) atoms. The fraction of sp³-hybridized carbons (Fsp3) is 0.632. The van der Waals surface area contributed by atoms with E-state index in [0.29, 0.717) is 118 Å². The van der Waals surface area contributed by atoms with Crippen LogP contribution in [0.5, 0.6) is 0 Å². The summed E-state index contributed by atoms with van der Waals surface area (Å²) in [6.07, 6.45) is 3.75. The molecule has 280 valence electrons. The SMILES string of the molecule is CCCCCC(=O)OCCOCCOCCOCCOCCOCCOCCOCCCNC(=O)OCC1c2ccccc2-c2ccccc21. The molecule has 0 saturated heterocycles. The van der Waals surface area contributed by atoms with E-state index in [-0.39, 0.29) is 18.5 Å². The van der Waals surface area contributed by atoms with Crippen molar-refractivity contribution in [2.24, 2.45) is 0 Å². The number of nitrogens with one attached hydrogen (secondary N) is 1. The minimum atomic E-state index is -0.416. The molecule has 0 bridgehead atoms. The number of carbonyl (C=O) groups excluding carboxylic acids is 2. The van der Waals surface area contributed by atoms with E-state index in [1.54, 1.807) is 0 Å². The molecule has 0 heterocycles. The van der Waals surface area contributed by atoms with Crippen molar-refractivity contribution in [2.75, 3.05) is 112 Å². The van der Waals surface area contributed by atoms with Gasteiger partial charge in [0.2, 0.25) is 0 Å². The Morgan fingerprint density at radius 2 is 0.980 bits per heavy atom. The highest BCUT2D eigenvalue weighted by Crippen LogP contribution is 2.44. The lowest BCUT2D eigenvalue weighted by Crippen LogP contribution is -2.27. The number of ether oxygens (including phenoxy) is 9. The van der Waals surface area contributed by atoms with Gasteiger partial charge in [-0.05, 0) is 35.1 Å². The number of alkyl carbamates (subject to hydrolysis) is 1. The number of hydrogen-bond donors (Lipinski definition) is 1. The van der Waals surface area contributed by atoms with Crippen molar-refractivity contribution in [3.63, 3.8) is 0 Å². The van der Waals surface area contributed by atoms with E-state index in [2.05, 4.69) is 36.5 Å². The Labute approximate surface area is 297 Å². The zero-order valence-corrected chi connectivity index (χ0v) is 29.7. The summed E-state index contributed by atoms with van der Waals surface area (Å²) in [7, 11) is 0. The zero-order chi connectivity index (χ0) is 35.3. The number of carbonyl (C=O) groups is 2. The summed E-state index contributed by atoms with van der Waals surface area (Å²) in [6, 6.07) is 16.6. The molecule has 3 rings (SSSR count). The van der Waals surface area contributed by atoms with Crippen LogP contribution < -0.4 is 5.32 Å². The van der Waals surface area contributed by atoms with E-state index in [1.807, 2.05) is 24.3 Å². The monoisotopic (exact) mass is 703 g/mol. The number of unbranched alkanes of at least 4 members (excludes halogenated alkanes) is 2. The van der Waals surface area contributed by atoms with E-state index in [9.17, 15) is 9.59 Å². The zero-order valence-electron chi connectivity index (χ0n) is 29.7. The first-order valence-corrected chi connectivity index (χ1v) is 18.0. The van der Waals surface area contributed by atoms with Crippen LogP contribution in [0.3, 0.4) is 0 Å². The molecule has 0 radical (unpaired) electrons. The molecule has 12 heteroatoms. The summed E-state index contributed by atoms with van der Waals surface area (Å²) >= 11 is 0. The van der Waals surface area contributed by atoms with Gasteiger partial charge in [0.15, 0.2) is 0 Å². The molecule has 1 aliphatic rings. The Morgan fingerprint density at radius 3 is 1.46 bits per heavy atom. The molecule has 12 nitrogen and oxygen atoms in total. The van der Waals surface area contributed by atoms with Gasteiger partial charge in [-0.15, -0.1) is 0 Å². The van der Waals surface area contributed by atoms with Gasteiger partial charge in [-0.3, -0.25) is 4.79 Å². The molecular formula is C38H57NO11. The lowest BCUT2D eigenvalue weighted by Gasteiger charge is -2.14. The number of esters is 1. The summed E-state index contributed by atoms with van der Waals surface area (Å²) in [6.45, 7) is 9.77. The van der Waals surface area contributed by atoms with Gasteiger partial charge in [-0.25, -0.2) is 4.79 Å². The van der Waals surface area contributed by atoms with Crippen LogP contribution in [0.4, 0.5) is 4.79 Å². The molecule has 0 spiro atoms. The maximum Gasteiger partial charge on any atom is 0.407 e. The van der Waals surface area contributed by atoms with Crippen LogP contribution in [0.1, 0.15) is 56.1 Å². The number of fused-ring (bicyclic) bond motifs is 3. The van der Waals surface area contributed by atoms with E-state index in [0.717, 1.165) is 19.3 Å². The molecular weight excluding hydrogens is 646 g/mol. The van der Waals surface area contributed by atoms with Crippen molar-refractivity contribution in [1.82, 2.24) is 5.32 Å². The summed E-state index contributed by atoms with van der Waals surface area (Å²) in [5.74, 6) is -0.113. The molecule has 2 aromatic carbocycles. The van der Waals surface area contributed by atoms with E-state index in [1.165, 1.54) is 22.3 Å². The highest BCUT2D eigenvalue weighted by atomic mass is 16.6. The van der Waals surface area contributed by atoms with Gasteiger partial charge in [0.25, 0.3) is 0 Å². The van der Waals surface area contributed by atoms with Gasteiger partial charge in [0.05, 0.1) is 85.9 Å². The smallest absolute Gasteiger partial charge is 0.407 e. The predicted octanol–water partition coefficient (Wildman–Crippen LogP) is 5.15. The molecule has 1 aliphatic carbocycles.